The van der Waals surface area contributed by atoms with Crippen molar-refractivity contribution in [1.29, 1.82) is 0 Å². The van der Waals surface area contributed by atoms with Gasteiger partial charge in [0.1, 0.15) is 5.82 Å². The van der Waals surface area contributed by atoms with Crippen LogP contribution in [0.3, 0.4) is 0 Å². The van der Waals surface area contributed by atoms with Crippen LogP contribution in [-0.2, 0) is 0 Å². The number of benzene rings is 4. The lowest BCUT2D eigenvalue weighted by Crippen LogP contribution is -2.19. The maximum absolute atomic E-state index is 3.76. The molecule has 0 unspecified atom stereocenters. The van der Waals surface area contributed by atoms with Crippen LogP contribution in [0, 0.1) is 0 Å². The highest BCUT2D eigenvalue weighted by molar-refractivity contribution is 6.26. The normalized spacial score (nSPS) is 13.8. The molecule has 2 aromatic heterocycles. The molecule has 32 heavy (non-hydrogen) atoms. The van der Waals surface area contributed by atoms with Crippen molar-refractivity contribution in [3.05, 3.63) is 103 Å². The maximum atomic E-state index is 3.76. The molecule has 152 valence electrons. The molecule has 4 aromatic carbocycles. The molecule has 3 heteroatoms. The molecule has 0 atom stereocenters. The number of aromatic nitrogens is 2. The van der Waals surface area contributed by atoms with Crippen molar-refractivity contribution in [2.45, 2.75) is 0 Å². The Morgan fingerprint density at radius 1 is 0.750 bits per heavy atom. The average Bonchev–Trinajstić information content (AvgIpc) is 3.39. The Bertz CT molecular complexity index is 1710. The second-order valence-electron chi connectivity index (χ2n) is 8.35. The van der Waals surface area contributed by atoms with Gasteiger partial charge in [-0.1, -0.05) is 78.9 Å². The van der Waals surface area contributed by atoms with Crippen molar-refractivity contribution in [3.63, 3.8) is 0 Å². The van der Waals surface area contributed by atoms with E-state index < -0.39 is 0 Å². The fourth-order valence-corrected chi connectivity index (χ4v) is 5.08. The van der Waals surface area contributed by atoms with Gasteiger partial charge in [0, 0.05) is 22.8 Å². The summed E-state index contributed by atoms with van der Waals surface area (Å²) >= 11 is 0. The van der Waals surface area contributed by atoms with Gasteiger partial charge in [0.25, 0.3) is 0 Å². The predicted octanol–water partition coefficient (Wildman–Crippen LogP) is 7.05. The molecular weight excluding hydrogens is 390 g/mol. The molecule has 0 aliphatic carbocycles. The largest absolute Gasteiger partial charge is 0.368 e. The van der Waals surface area contributed by atoms with Gasteiger partial charge in [-0.2, -0.15) is 0 Å². The Hall–Kier alpha value is -4.24. The minimum atomic E-state index is 0.832. The summed E-state index contributed by atoms with van der Waals surface area (Å²) in [6.45, 7) is 0.832. The van der Waals surface area contributed by atoms with E-state index in [-0.39, 0.29) is 0 Å². The Balaban J connectivity index is 1.66. The van der Waals surface area contributed by atoms with Crippen LogP contribution in [0.5, 0.6) is 0 Å². The number of nitrogens with zero attached hydrogens (tertiary/aromatic N) is 1. The summed E-state index contributed by atoms with van der Waals surface area (Å²) in [4.78, 5) is 3.76. The van der Waals surface area contributed by atoms with Gasteiger partial charge in [0.05, 0.1) is 16.6 Å². The summed E-state index contributed by atoms with van der Waals surface area (Å²) in [5, 5.41) is 8.62. The van der Waals surface area contributed by atoms with E-state index in [0.29, 0.717) is 0 Å². The molecule has 0 bridgehead atoms. The molecule has 0 spiro atoms. The maximum Gasteiger partial charge on any atom is 0.111 e. The van der Waals surface area contributed by atoms with Gasteiger partial charge in [0.15, 0.2) is 0 Å². The topological polar surface area (TPSA) is 32.8 Å². The third-order valence-corrected chi connectivity index (χ3v) is 6.53. The van der Waals surface area contributed by atoms with Crippen LogP contribution >= 0.6 is 0 Å². The molecular formula is C29H21N3. The zero-order valence-electron chi connectivity index (χ0n) is 17.5. The van der Waals surface area contributed by atoms with E-state index in [1.165, 1.54) is 54.7 Å². The molecule has 3 nitrogen and oxygen atoms in total. The van der Waals surface area contributed by atoms with Crippen LogP contribution in [0.1, 0.15) is 0 Å². The quantitative estimate of drug-likeness (QED) is 0.314. The van der Waals surface area contributed by atoms with Crippen LogP contribution < -0.4 is 5.32 Å². The zero-order chi connectivity index (χ0) is 21.1. The number of rotatable bonds is 2. The fraction of sp³-hybridized carbons (Fsp3) is 0.0345. The monoisotopic (exact) mass is 411 g/mol. The minimum absolute atomic E-state index is 0.832. The third kappa shape index (κ3) is 2.42. The lowest BCUT2D eigenvalue weighted by molar-refractivity contribution is 0.923. The molecule has 0 saturated heterocycles. The first-order chi connectivity index (χ1) is 15.9. The predicted molar refractivity (Wildman–Crippen MR) is 136 cm³/mol. The summed E-state index contributed by atoms with van der Waals surface area (Å²) < 4.78 is 2.38. The number of aromatic amines is 1. The molecule has 0 fully saturated rings. The van der Waals surface area contributed by atoms with Crippen molar-refractivity contribution in [2.75, 3.05) is 6.54 Å². The van der Waals surface area contributed by atoms with E-state index >= 15 is 0 Å². The second kappa shape index (κ2) is 6.63. The summed E-state index contributed by atoms with van der Waals surface area (Å²) in [6, 6.07) is 30.5. The summed E-state index contributed by atoms with van der Waals surface area (Å²) in [7, 11) is 0. The second-order valence-corrected chi connectivity index (χ2v) is 8.35. The van der Waals surface area contributed by atoms with Crippen LogP contribution in [0.15, 0.2) is 103 Å². The molecule has 1 aliphatic rings. The number of fused-ring (bicyclic) bond motifs is 7. The molecule has 0 saturated carbocycles. The number of hydrogen-bond acceptors (Lipinski definition) is 1. The van der Waals surface area contributed by atoms with Crippen molar-refractivity contribution < 1.29 is 0 Å². The molecule has 2 N–H and O–H groups in total. The highest BCUT2D eigenvalue weighted by Crippen LogP contribution is 2.40. The van der Waals surface area contributed by atoms with Crippen LogP contribution in [0.4, 0.5) is 0 Å². The Kier molecular flexibility index (Phi) is 3.61. The smallest absolute Gasteiger partial charge is 0.111 e. The minimum Gasteiger partial charge on any atom is -0.368 e. The highest BCUT2D eigenvalue weighted by Gasteiger charge is 2.20. The summed E-state index contributed by atoms with van der Waals surface area (Å²) in [5.74, 6) is 1.11. The first-order valence-electron chi connectivity index (χ1n) is 11.0. The van der Waals surface area contributed by atoms with Gasteiger partial charge < -0.3 is 10.3 Å². The Morgan fingerprint density at radius 3 is 2.50 bits per heavy atom. The molecule has 1 aliphatic heterocycles. The van der Waals surface area contributed by atoms with Gasteiger partial charge in [-0.15, -0.1) is 0 Å². The van der Waals surface area contributed by atoms with E-state index in [1.54, 1.807) is 0 Å². The van der Waals surface area contributed by atoms with E-state index in [2.05, 4.69) is 118 Å². The van der Waals surface area contributed by atoms with Gasteiger partial charge in [-0.05, 0) is 46.2 Å². The molecule has 6 aromatic rings. The molecule has 7 rings (SSSR count). The average molecular weight is 412 g/mol. The van der Waals surface area contributed by atoms with Gasteiger partial charge in [-0.25, -0.2) is 0 Å². The van der Waals surface area contributed by atoms with E-state index in [1.807, 2.05) is 0 Å². The Morgan fingerprint density at radius 2 is 1.62 bits per heavy atom. The lowest BCUT2D eigenvalue weighted by Gasteiger charge is -2.16. The van der Waals surface area contributed by atoms with Crippen molar-refractivity contribution in [3.8, 4) is 11.1 Å². The SMILES string of the molecule is C1=CCNC(n2c3ccc(-c4ccccc4)cc3c3[nH]c4ccc5ccccc5c4c32)=C1. The number of allylic oxidation sites excluding steroid dienone is 2. The fourth-order valence-electron chi connectivity index (χ4n) is 5.08. The molecule has 3 heterocycles. The van der Waals surface area contributed by atoms with Crippen LogP contribution in [0.2, 0.25) is 0 Å². The van der Waals surface area contributed by atoms with Gasteiger partial charge >= 0.3 is 0 Å². The van der Waals surface area contributed by atoms with E-state index in [0.717, 1.165) is 12.4 Å². The third-order valence-electron chi connectivity index (χ3n) is 6.53. The molecule has 0 radical (unpaired) electrons. The van der Waals surface area contributed by atoms with Crippen LogP contribution in [-0.4, -0.2) is 16.1 Å². The number of H-pyrrole nitrogens is 1. The lowest BCUT2D eigenvalue weighted by atomic mass is 10.0. The van der Waals surface area contributed by atoms with E-state index in [4.69, 9.17) is 0 Å². The first-order valence-corrected chi connectivity index (χ1v) is 11.0. The number of dihydropyridines is 1. The van der Waals surface area contributed by atoms with Crippen LogP contribution in [0.25, 0.3) is 60.6 Å². The zero-order valence-corrected chi connectivity index (χ0v) is 17.5. The summed E-state index contributed by atoms with van der Waals surface area (Å²) in [5.41, 5.74) is 7.24. The van der Waals surface area contributed by atoms with Crippen molar-refractivity contribution in [2.24, 2.45) is 0 Å². The van der Waals surface area contributed by atoms with E-state index in [9.17, 15) is 0 Å². The Labute approximate surface area is 185 Å². The van der Waals surface area contributed by atoms with Gasteiger partial charge in [0.2, 0.25) is 0 Å². The molecule has 0 amide bonds. The summed E-state index contributed by atoms with van der Waals surface area (Å²) in [6.07, 6.45) is 6.44. The number of nitrogens with one attached hydrogen (secondary N) is 2. The van der Waals surface area contributed by atoms with Crippen molar-refractivity contribution >= 4 is 49.4 Å². The van der Waals surface area contributed by atoms with Gasteiger partial charge in [-0.3, -0.25) is 4.57 Å². The first kappa shape index (κ1) is 17.4. The highest BCUT2D eigenvalue weighted by atomic mass is 15.2. The van der Waals surface area contributed by atoms with Crippen molar-refractivity contribution in [1.82, 2.24) is 14.9 Å². The number of hydrogen-bond donors (Lipinski definition) is 2. The standard InChI is InChI=1S/C29H21N3/c1-2-8-19(9-3-1)21-14-16-25-23(18-21)28-29(32(25)26-12-6-7-17-30-26)27-22-11-5-4-10-20(22)13-15-24(27)31-28/h1-16,18,30-31H,17H2.